The number of halogens is 7. The van der Waals surface area contributed by atoms with Gasteiger partial charge in [-0.2, -0.15) is 26.3 Å². The van der Waals surface area contributed by atoms with Crippen LogP contribution in [-0.4, -0.2) is 31.4 Å². The van der Waals surface area contributed by atoms with E-state index in [4.69, 9.17) is 0 Å². The largest absolute Gasteiger partial charge is 0.416 e. The highest BCUT2D eigenvalue weighted by Gasteiger charge is 2.58. The van der Waals surface area contributed by atoms with Crippen LogP contribution in [0.5, 0.6) is 0 Å². The first-order valence-corrected chi connectivity index (χ1v) is 12.2. The van der Waals surface area contributed by atoms with Crippen molar-refractivity contribution in [3.8, 4) is 0 Å². The molecule has 0 fully saturated rings. The van der Waals surface area contributed by atoms with Gasteiger partial charge in [0.1, 0.15) is 5.41 Å². The van der Waals surface area contributed by atoms with E-state index in [1.165, 1.54) is 12.1 Å². The molecule has 0 aliphatic carbocycles. The minimum absolute atomic E-state index is 0.104. The van der Waals surface area contributed by atoms with Crippen molar-refractivity contribution in [1.29, 1.82) is 0 Å². The molecule has 1 amide bonds. The fraction of sp³-hybridized carbons (Fsp3) is 0.259. The zero-order valence-electron chi connectivity index (χ0n) is 20.2. The topological polar surface area (TPSA) is 44.7 Å². The Morgan fingerprint density at radius 1 is 1.00 bits per heavy atom. The lowest BCUT2D eigenvalue weighted by molar-refractivity contribution is -0.184. The molecule has 3 aromatic carbocycles. The van der Waals surface area contributed by atoms with Crippen LogP contribution in [0.3, 0.4) is 0 Å². The van der Waals surface area contributed by atoms with Crippen molar-refractivity contribution in [2.24, 2.45) is 4.99 Å². The van der Waals surface area contributed by atoms with E-state index in [2.05, 4.69) is 26.3 Å². The number of anilines is 1. The van der Waals surface area contributed by atoms with E-state index in [-0.39, 0.29) is 10.2 Å². The molecule has 200 valence electrons. The maximum absolute atomic E-state index is 14.4. The number of nitrogens with one attached hydrogen (secondary N) is 1. The van der Waals surface area contributed by atoms with E-state index in [1.54, 1.807) is 25.0 Å². The van der Waals surface area contributed by atoms with E-state index in [0.717, 1.165) is 17.8 Å². The summed E-state index contributed by atoms with van der Waals surface area (Å²) in [5, 5.41) is 1.54. The van der Waals surface area contributed by atoms with E-state index in [0.29, 0.717) is 22.8 Å². The molecule has 1 N–H and O–H groups in total. The normalized spacial score (nSPS) is 17.8. The number of amides is 1. The number of nitrogens with zero attached hydrogens (tertiary/aromatic N) is 2. The first-order valence-electron chi connectivity index (χ1n) is 11.4. The first-order chi connectivity index (χ1) is 17.7. The van der Waals surface area contributed by atoms with Gasteiger partial charge in [0.25, 0.3) is 5.91 Å². The molecule has 0 aromatic heterocycles. The lowest BCUT2D eigenvalue weighted by Crippen LogP contribution is -2.44. The van der Waals surface area contributed by atoms with Crippen LogP contribution < -0.4 is 10.4 Å². The summed E-state index contributed by atoms with van der Waals surface area (Å²) in [4.78, 5) is 16.9. The third kappa shape index (κ3) is 5.43. The SMILES string of the molecule is Cc1cc(C2=NCC(c3cc(Br)cc(C(F)(F)F)c3)(C(F)(F)F)C2)ccc1C(=O)NN(C)c1ccccc1. The van der Waals surface area contributed by atoms with Crippen LogP contribution in [0.15, 0.2) is 76.2 Å². The number of hydrogen-bond acceptors (Lipinski definition) is 3. The van der Waals surface area contributed by atoms with Crippen molar-refractivity contribution in [2.45, 2.75) is 31.1 Å². The van der Waals surface area contributed by atoms with Crippen LogP contribution in [0.1, 0.15) is 39.0 Å². The fourth-order valence-corrected chi connectivity index (χ4v) is 4.92. The lowest BCUT2D eigenvalue weighted by atomic mass is 9.76. The average molecular weight is 598 g/mol. The molecule has 38 heavy (non-hydrogen) atoms. The van der Waals surface area contributed by atoms with Gasteiger partial charge in [-0.3, -0.25) is 20.2 Å². The number of carbonyl (C=O) groups excluding carboxylic acids is 1. The molecule has 1 aliphatic heterocycles. The molecule has 4 nitrogen and oxygen atoms in total. The van der Waals surface area contributed by atoms with Crippen molar-refractivity contribution in [1.82, 2.24) is 5.43 Å². The number of rotatable bonds is 5. The lowest BCUT2D eigenvalue weighted by Gasteiger charge is -2.32. The fourth-order valence-electron chi connectivity index (χ4n) is 4.42. The van der Waals surface area contributed by atoms with Crippen LogP contribution in [0, 0.1) is 6.92 Å². The van der Waals surface area contributed by atoms with Crippen molar-refractivity contribution >= 4 is 33.2 Å². The Balaban J connectivity index is 1.60. The molecular weight excluding hydrogens is 576 g/mol. The van der Waals surface area contributed by atoms with E-state index in [1.807, 2.05) is 30.3 Å². The van der Waals surface area contributed by atoms with Crippen LogP contribution in [0.4, 0.5) is 32.0 Å². The van der Waals surface area contributed by atoms with Crippen LogP contribution in [-0.2, 0) is 11.6 Å². The number of aryl methyl sites for hydroxylation is 1. The standard InChI is InChI=1S/C27H22BrF6N3O/c1-16-10-17(8-9-22(16)24(38)36-37(2)21-6-4-3-5-7-21)23-14-25(15-35-23,27(32,33)34)18-11-19(26(29,30)31)13-20(28)12-18/h3-13H,14-15H2,1-2H3,(H,36,38). The molecule has 11 heteroatoms. The number of alkyl halides is 6. The number of hydrazine groups is 1. The summed E-state index contributed by atoms with van der Waals surface area (Å²) < 4.78 is 83.3. The molecule has 3 aromatic rings. The predicted molar refractivity (Wildman–Crippen MR) is 136 cm³/mol. The van der Waals surface area contributed by atoms with Crippen molar-refractivity contribution in [3.05, 3.63) is 99.0 Å². The third-order valence-electron chi connectivity index (χ3n) is 6.55. The first kappa shape index (κ1) is 27.7. The monoisotopic (exact) mass is 597 g/mol. The van der Waals surface area contributed by atoms with Crippen molar-refractivity contribution < 1.29 is 31.1 Å². The summed E-state index contributed by atoms with van der Waals surface area (Å²) in [6.07, 6.45) is -10.3. The Morgan fingerprint density at radius 3 is 2.29 bits per heavy atom. The highest BCUT2D eigenvalue weighted by atomic mass is 79.9. The average Bonchev–Trinajstić information content (AvgIpc) is 3.31. The summed E-state index contributed by atoms with van der Waals surface area (Å²) >= 11 is 2.92. The zero-order chi connectivity index (χ0) is 27.9. The van der Waals surface area contributed by atoms with Gasteiger partial charge in [0, 0.05) is 29.2 Å². The van der Waals surface area contributed by atoms with Gasteiger partial charge in [-0.05, 0) is 66.1 Å². The quantitative estimate of drug-likeness (QED) is 0.249. The second-order valence-electron chi connectivity index (χ2n) is 9.11. The molecule has 1 unspecified atom stereocenters. The second-order valence-corrected chi connectivity index (χ2v) is 10.0. The van der Waals surface area contributed by atoms with Gasteiger partial charge in [0.15, 0.2) is 0 Å². The Morgan fingerprint density at radius 2 is 1.68 bits per heavy atom. The number of hydrogen-bond donors (Lipinski definition) is 1. The van der Waals surface area contributed by atoms with Crippen molar-refractivity contribution in [3.63, 3.8) is 0 Å². The van der Waals surface area contributed by atoms with Gasteiger partial charge < -0.3 is 0 Å². The smallest absolute Gasteiger partial charge is 0.288 e. The molecule has 0 saturated heterocycles. The molecule has 1 aliphatic rings. The third-order valence-corrected chi connectivity index (χ3v) is 7.00. The number of benzene rings is 3. The van der Waals surface area contributed by atoms with Gasteiger partial charge in [-0.15, -0.1) is 0 Å². The Labute approximate surface area is 223 Å². The number of carbonyl (C=O) groups is 1. The second kappa shape index (κ2) is 10.1. The van der Waals surface area contributed by atoms with E-state index < -0.39 is 47.8 Å². The number of para-hydroxylation sites is 1. The summed E-state index contributed by atoms with van der Waals surface area (Å²) in [5.74, 6) is -0.410. The van der Waals surface area contributed by atoms with E-state index in [9.17, 15) is 31.1 Å². The van der Waals surface area contributed by atoms with Gasteiger partial charge >= 0.3 is 12.4 Å². The number of aliphatic imine (C=N–C) groups is 1. The summed E-state index contributed by atoms with van der Waals surface area (Å²) in [5.41, 5.74) is 0.485. The van der Waals surface area contributed by atoms with Crippen LogP contribution in [0.2, 0.25) is 0 Å². The summed E-state index contributed by atoms with van der Waals surface area (Å²) in [6.45, 7) is 0.903. The Bertz CT molecular complexity index is 1390. The maximum atomic E-state index is 14.4. The molecule has 0 saturated carbocycles. The molecule has 1 atom stereocenters. The Kier molecular flexibility index (Phi) is 7.35. The molecule has 1 heterocycles. The highest BCUT2D eigenvalue weighted by Crippen LogP contribution is 2.49. The molecule has 0 radical (unpaired) electrons. The van der Waals surface area contributed by atoms with Gasteiger partial charge in [0.2, 0.25) is 0 Å². The highest BCUT2D eigenvalue weighted by molar-refractivity contribution is 9.10. The molecular formula is C27H22BrF6N3O. The predicted octanol–water partition coefficient (Wildman–Crippen LogP) is 7.25. The molecule has 0 spiro atoms. The molecule has 0 bridgehead atoms. The van der Waals surface area contributed by atoms with Gasteiger partial charge in [-0.1, -0.05) is 40.2 Å². The summed E-state index contributed by atoms with van der Waals surface area (Å²) in [6, 6.07) is 16.0. The maximum Gasteiger partial charge on any atom is 0.416 e. The van der Waals surface area contributed by atoms with E-state index >= 15 is 0 Å². The minimum atomic E-state index is -4.86. The molecule has 4 rings (SSSR count). The van der Waals surface area contributed by atoms with Crippen molar-refractivity contribution in [2.75, 3.05) is 18.6 Å². The minimum Gasteiger partial charge on any atom is -0.288 e. The summed E-state index contributed by atoms with van der Waals surface area (Å²) in [7, 11) is 1.67. The van der Waals surface area contributed by atoms with Crippen LogP contribution in [0.25, 0.3) is 0 Å². The van der Waals surface area contributed by atoms with Crippen LogP contribution >= 0.6 is 15.9 Å². The Hall–Kier alpha value is -3.34. The van der Waals surface area contributed by atoms with Gasteiger partial charge in [-0.25, -0.2) is 0 Å². The zero-order valence-corrected chi connectivity index (χ0v) is 21.8. The van der Waals surface area contributed by atoms with Gasteiger partial charge in [0.05, 0.1) is 17.8 Å².